The Morgan fingerprint density at radius 3 is 2.82 bits per heavy atom. The summed E-state index contributed by atoms with van der Waals surface area (Å²) in [4.78, 5) is 12.1. The Hall–Kier alpha value is -2.69. The van der Waals surface area contributed by atoms with E-state index in [0.717, 1.165) is 28.0 Å². The Morgan fingerprint density at radius 2 is 2.14 bits per heavy atom. The quantitative estimate of drug-likeness (QED) is 0.795. The Kier molecular flexibility index (Phi) is 3.63. The van der Waals surface area contributed by atoms with E-state index in [2.05, 4.69) is 5.32 Å². The summed E-state index contributed by atoms with van der Waals surface area (Å²) in [6.07, 6.45) is 2.89. The molecule has 1 unspecified atom stereocenters. The molecule has 0 radical (unpaired) electrons. The van der Waals surface area contributed by atoms with E-state index < -0.39 is 0 Å². The van der Waals surface area contributed by atoms with E-state index in [0.29, 0.717) is 5.56 Å². The van der Waals surface area contributed by atoms with Crippen molar-refractivity contribution in [3.05, 3.63) is 53.7 Å². The standard InChI is InChI=1S/C17H17NO4/c1-10-14-8-13(20-3)4-5-15(14)22-16(10)11(2)18-17(19)12-6-7-21-9-12/h4-9,11H,1-3H3,(H,18,19). The van der Waals surface area contributed by atoms with Crippen LogP contribution in [0.5, 0.6) is 5.75 Å². The maximum Gasteiger partial charge on any atom is 0.255 e. The average molecular weight is 299 g/mol. The molecule has 0 aliphatic heterocycles. The first-order valence-electron chi connectivity index (χ1n) is 7.00. The third-order valence-electron chi connectivity index (χ3n) is 3.70. The molecule has 0 aliphatic carbocycles. The molecule has 0 fully saturated rings. The lowest BCUT2D eigenvalue weighted by molar-refractivity contribution is 0.0935. The number of carbonyl (C=O) groups is 1. The smallest absolute Gasteiger partial charge is 0.255 e. The van der Waals surface area contributed by atoms with Crippen molar-refractivity contribution in [1.82, 2.24) is 5.32 Å². The highest BCUT2D eigenvalue weighted by molar-refractivity contribution is 5.94. The molecule has 0 bridgehead atoms. The van der Waals surface area contributed by atoms with Crippen molar-refractivity contribution < 1.29 is 18.4 Å². The van der Waals surface area contributed by atoms with Gasteiger partial charge in [0.2, 0.25) is 0 Å². The van der Waals surface area contributed by atoms with Crippen LogP contribution in [0.2, 0.25) is 0 Å². The van der Waals surface area contributed by atoms with E-state index in [1.54, 1.807) is 13.2 Å². The highest BCUT2D eigenvalue weighted by atomic mass is 16.5. The summed E-state index contributed by atoms with van der Waals surface area (Å²) in [5.41, 5.74) is 2.26. The van der Waals surface area contributed by atoms with Crippen LogP contribution < -0.4 is 10.1 Å². The topological polar surface area (TPSA) is 64.6 Å². The molecule has 2 heterocycles. The zero-order chi connectivity index (χ0) is 15.7. The predicted octanol–water partition coefficient (Wildman–Crippen LogP) is 3.83. The number of benzene rings is 1. The van der Waals surface area contributed by atoms with Crippen molar-refractivity contribution in [3.63, 3.8) is 0 Å². The van der Waals surface area contributed by atoms with Crippen LogP contribution in [0.4, 0.5) is 0 Å². The number of furan rings is 2. The molecule has 1 aromatic carbocycles. The Balaban J connectivity index is 1.89. The fourth-order valence-electron chi connectivity index (χ4n) is 2.50. The van der Waals surface area contributed by atoms with E-state index in [1.165, 1.54) is 12.5 Å². The summed E-state index contributed by atoms with van der Waals surface area (Å²) < 4.78 is 16.0. The number of carbonyl (C=O) groups excluding carboxylic acids is 1. The normalized spacial score (nSPS) is 12.3. The van der Waals surface area contributed by atoms with Gasteiger partial charge >= 0.3 is 0 Å². The number of nitrogens with one attached hydrogen (secondary N) is 1. The number of aryl methyl sites for hydroxylation is 1. The van der Waals surface area contributed by atoms with Crippen LogP contribution in [-0.4, -0.2) is 13.0 Å². The molecule has 0 saturated heterocycles. The van der Waals surface area contributed by atoms with Crippen LogP contribution >= 0.6 is 0 Å². The van der Waals surface area contributed by atoms with Crippen molar-refractivity contribution >= 4 is 16.9 Å². The lowest BCUT2D eigenvalue weighted by atomic mass is 10.1. The molecule has 1 amide bonds. The van der Waals surface area contributed by atoms with Gasteiger partial charge in [-0.3, -0.25) is 4.79 Å². The Labute approximate surface area is 127 Å². The second-order valence-electron chi connectivity index (χ2n) is 5.16. The van der Waals surface area contributed by atoms with E-state index in [9.17, 15) is 4.79 Å². The van der Waals surface area contributed by atoms with Crippen molar-refractivity contribution in [3.8, 4) is 5.75 Å². The number of ether oxygens (including phenoxy) is 1. The summed E-state index contributed by atoms with van der Waals surface area (Å²) in [5.74, 6) is 1.32. The number of rotatable bonds is 4. The molecule has 3 rings (SSSR count). The molecule has 3 aromatic rings. The van der Waals surface area contributed by atoms with Crippen LogP contribution in [0.15, 0.2) is 45.6 Å². The van der Waals surface area contributed by atoms with Gasteiger partial charge < -0.3 is 18.9 Å². The highest BCUT2D eigenvalue weighted by Crippen LogP contribution is 2.32. The minimum Gasteiger partial charge on any atom is -0.497 e. The number of amides is 1. The minimum absolute atomic E-state index is 0.196. The molecule has 5 nitrogen and oxygen atoms in total. The molecule has 1 atom stereocenters. The number of hydrogen-bond donors (Lipinski definition) is 1. The van der Waals surface area contributed by atoms with Crippen LogP contribution in [0.1, 0.15) is 34.6 Å². The largest absolute Gasteiger partial charge is 0.497 e. The molecular weight excluding hydrogens is 282 g/mol. The van der Waals surface area contributed by atoms with Crippen molar-refractivity contribution in [2.75, 3.05) is 7.11 Å². The van der Waals surface area contributed by atoms with Gasteiger partial charge in [0.05, 0.1) is 25.0 Å². The summed E-state index contributed by atoms with van der Waals surface area (Å²) in [5, 5.41) is 3.89. The van der Waals surface area contributed by atoms with Crippen molar-refractivity contribution in [1.29, 1.82) is 0 Å². The van der Waals surface area contributed by atoms with E-state index in [-0.39, 0.29) is 11.9 Å². The maximum atomic E-state index is 12.1. The third kappa shape index (κ3) is 2.45. The molecule has 0 spiro atoms. The van der Waals surface area contributed by atoms with Gasteiger partial charge in [-0.05, 0) is 38.1 Å². The molecule has 22 heavy (non-hydrogen) atoms. The van der Waals surface area contributed by atoms with Crippen molar-refractivity contribution in [2.45, 2.75) is 19.9 Å². The van der Waals surface area contributed by atoms with Gasteiger partial charge in [-0.2, -0.15) is 0 Å². The van der Waals surface area contributed by atoms with Crippen molar-refractivity contribution in [2.24, 2.45) is 0 Å². The van der Waals surface area contributed by atoms with Crippen LogP contribution in [0.3, 0.4) is 0 Å². The van der Waals surface area contributed by atoms with E-state index >= 15 is 0 Å². The van der Waals surface area contributed by atoms with Gasteiger partial charge in [0.15, 0.2) is 0 Å². The molecule has 0 saturated carbocycles. The van der Waals surface area contributed by atoms with Gasteiger partial charge in [-0.1, -0.05) is 0 Å². The first kappa shape index (κ1) is 14.3. The molecule has 114 valence electrons. The number of fused-ring (bicyclic) bond motifs is 1. The zero-order valence-corrected chi connectivity index (χ0v) is 12.7. The average Bonchev–Trinajstić information content (AvgIpc) is 3.15. The second-order valence-corrected chi connectivity index (χ2v) is 5.16. The number of methoxy groups -OCH3 is 1. The predicted molar refractivity (Wildman–Crippen MR) is 82.1 cm³/mol. The van der Waals surface area contributed by atoms with Crippen LogP contribution in [-0.2, 0) is 0 Å². The summed E-state index contributed by atoms with van der Waals surface area (Å²) >= 11 is 0. The monoisotopic (exact) mass is 299 g/mol. The summed E-state index contributed by atoms with van der Waals surface area (Å²) in [6, 6.07) is 7.03. The van der Waals surface area contributed by atoms with Gasteiger partial charge in [-0.25, -0.2) is 0 Å². The maximum absolute atomic E-state index is 12.1. The Morgan fingerprint density at radius 1 is 1.32 bits per heavy atom. The van der Waals surface area contributed by atoms with Gasteiger partial charge in [0.25, 0.3) is 5.91 Å². The van der Waals surface area contributed by atoms with E-state index in [1.807, 2.05) is 32.0 Å². The summed E-state index contributed by atoms with van der Waals surface area (Å²) in [6.45, 7) is 3.86. The lowest BCUT2D eigenvalue weighted by Crippen LogP contribution is -2.26. The highest BCUT2D eigenvalue weighted by Gasteiger charge is 2.19. The second kappa shape index (κ2) is 5.60. The number of hydrogen-bond acceptors (Lipinski definition) is 4. The first-order chi connectivity index (χ1) is 10.6. The van der Waals surface area contributed by atoms with Gasteiger partial charge in [0, 0.05) is 10.9 Å². The molecular formula is C17H17NO4. The van der Waals surface area contributed by atoms with E-state index in [4.69, 9.17) is 13.6 Å². The third-order valence-corrected chi connectivity index (χ3v) is 3.70. The minimum atomic E-state index is -0.249. The fourth-order valence-corrected chi connectivity index (χ4v) is 2.50. The zero-order valence-electron chi connectivity index (χ0n) is 12.7. The summed E-state index contributed by atoms with van der Waals surface area (Å²) in [7, 11) is 1.63. The first-order valence-corrected chi connectivity index (χ1v) is 7.00. The SMILES string of the molecule is COc1ccc2oc(C(C)NC(=O)c3ccoc3)c(C)c2c1. The molecule has 0 aliphatic rings. The Bertz CT molecular complexity index is 802. The lowest BCUT2D eigenvalue weighted by Gasteiger charge is -2.11. The van der Waals surface area contributed by atoms with Gasteiger partial charge in [0.1, 0.15) is 23.4 Å². The van der Waals surface area contributed by atoms with Gasteiger partial charge in [-0.15, -0.1) is 0 Å². The van der Waals surface area contributed by atoms with Crippen LogP contribution in [0, 0.1) is 6.92 Å². The molecule has 1 N–H and O–H groups in total. The fraction of sp³-hybridized carbons (Fsp3) is 0.235. The molecule has 2 aromatic heterocycles. The van der Waals surface area contributed by atoms with Crippen LogP contribution in [0.25, 0.3) is 11.0 Å². The molecule has 5 heteroatoms.